The van der Waals surface area contributed by atoms with Crippen molar-refractivity contribution in [2.45, 2.75) is 39.2 Å². The van der Waals surface area contributed by atoms with E-state index < -0.39 is 11.4 Å². The van der Waals surface area contributed by atoms with E-state index in [-0.39, 0.29) is 6.10 Å². The predicted molar refractivity (Wildman–Crippen MR) is 89.3 cm³/mol. The van der Waals surface area contributed by atoms with Crippen LogP contribution in [0, 0.1) is 5.41 Å². The van der Waals surface area contributed by atoms with Gasteiger partial charge in [-0.3, -0.25) is 4.79 Å². The van der Waals surface area contributed by atoms with Crippen molar-refractivity contribution in [1.29, 1.82) is 0 Å². The van der Waals surface area contributed by atoms with Gasteiger partial charge in [-0.25, -0.2) is 0 Å². The molecule has 128 valence electrons. The Hall–Kier alpha value is -1.75. The van der Waals surface area contributed by atoms with Gasteiger partial charge in [0.15, 0.2) is 11.5 Å². The lowest BCUT2D eigenvalue weighted by Crippen LogP contribution is -2.35. The van der Waals surface area contributed by atoms with Gasteiger partial charge in [0.1, 0.15) is 6.10 Å². The number of carbonyl (C=O) groups is 1. The van der Waals surface area contributed by atoms with Crippen LogP contribution in [0.15, 0.2) is 18.2 Å². The first-order chi connectivity index (χ1) is 10.8. The zero-order chi connectivity index (χ0) is 17.0. The lowest BCUT2D eigenvalue weighted by Gasteiger charge is -2.29. The molecule has 1 aromatic rings. The molecular weight excluding hydrogens is 294 g/mol. The molecule has 0 spiro atoms. The summed E-state index contributed by atoms with van der Waals surface area (Å²) in [5, 5.41) is 9.26. The number of methoxy groups -OCH3 is 1. The van der Waals surface area contributed by atoms with Gasteiger partial charge in [-0.2, -0.15) is 0 Å². The smallest absolute Gasteiger partial charge is 0.309 e. The topological polar surface area (TPSA) is 59.0 Å². The molecule has 1 N–H and O–H groups in total. The first-order valence-electron chi connectivity index (χ1n) is 8.07. The van der Waals surface area contributed by atoms with Crippen LogP contribution in [0.4, 0.5) is 0 Å². The molecule has 1 aromatic carbocycles. The number of hydrogen-bond acceptors (Lipinski definition) is 4. The predicted octanol–water partition coefficient (Wildman–Crippen LogP) is 2.82. The molecule has 0 bridgehead atoms. The van der Waals surface area contributed by atoms with Crippen LogP contribution < -0.4 is 9.47 Å². The molecule has 0 aromatic heterocycles. The maximum atomic E-state index is 11.3. The maximum absolute atomic E-state index is 11.3. The lowest BCUT2D eigenvalue weighted by molar-refractivity contribution is -0.146. The molecule has 0 aliphatic carbocycles. The normalized spacial score (nSPS) is 17.0. The van der Waals surface area contributed by atoms with Crippen LogP contribution in [-0.4, -0.2) is 49.3 Å². The van der Waals surface area contributed by atoms with Crippen molar-refractivity contribution in [2.24, 2.45) is 5.41 Å². The van der Waals surface area contributed by atoms with Crippen LogP contribution in [-0.2, 0) is 11.2 Å². The summed E-state index contributed by atoms with van der Waals surface area (Å²) in [6, 6.07) is 5.71. The monoisotopic (exact) mass is 321 g/mol. The average molecular weight is 321 g/mol. The zero-order valence-corrected chi connectivity index (χ0v) is 14.5. The quantitative estimate of drug-likeness (QED) is 0.873. The zero-order valence-electron chi connectivity index (χ0n) is 14.5. The Balaban J connectivity index is 2.09. The standard InChI is InChI=1S/C18H27NO4/c1-18(2,17(20)21)12-13-5-6-15(16(11-13)22-4)23-14-7-9-19(3)10-8-14/h5-6,11,14H,7-10,12H2,1-4H3,(H,20,21). The molecule has 1 heterocycles. The van der Waals surface area contributed by atoms with Crippen LogP contribution in [0.3, 0.4) is 0 Å². The number of carboxylic acid groups (broad SMARTS) is 1. The Morgan fingerprint density at radius 3 is 2.52 bits per heavy atom. The Morgan fingerprint density at radius 2 is 1.96 bits per heavy atom. The van der Waals surface area contributed by atoms with Crippen molar-refractivity contribution in [2.75, 3.05) is 27.2 Å². The van der Waals surface area contributed by atoms with Crippen molar-refractivity contribution < 1.29 is 19.4 Å². The fourth-order valence-electron chi connectivity index (χ4n) is 2.79. The Kier molecular flexibility index (Phi) is 5.52. The first kappa shape index (κ1) is 17.6. The molecule has 0 amide bonds. The number of ether oxygens (including phenoxy) is 2. The summed E-state index contributed by atoms with van der Waals surface area (Å²) in [5.41, 5.74) is 0.131. The van der Waals surface area contributed by atoms with E-state index in [0.717, 1.165) is 37.2 Å². The van der Waals surface area contributed by atoms with Gasteiger partial charge in [-0.15, -0.1) is 0 Å². The molecule has 1 fully saturated rings. The second-order valence-corrected chi connectivity index (χ2v) is 6.97. The molecule has 0 radical (unpaired) electrons. The molecule has 1 aliphatic rings. The van der Waals surface area contributed by atoms with Crippen molar-refractivity contribution in [3.05, 3.63) is 23.8 Å². The third kappa shape index (κ3) is 4.61. The van der Waals surface area contributed by atoms with E-state index in [2.05, 4.69) is 11.9 Å². The highest BCUT2D eigenvalue weighted by molar-refractivity contribution is 5.74. The molecule has 5 nitrogen and oxygen atoms in total. The molecule has 1 aliphatic heterocycles. The highest BCUT2D eigenvalue weighted by Crippen LogP contribution is 2.33. The average Bonchev–Trinajstić information content (AvgIpc) is 2.50. The van der Waals surface area contributed by atoms with E-state index in [1.165, 1.54) is 0 Å². The minimum absolute atomic E-state index is 0.210. The van der Waals surface area contributed by atoms with Gasteiger partial charge in [0.25, 0.3) is 0 Å². The molecule has 5 heteroatoms. The Bertz CT molecular complexity index is 548. The van der Waals surface area contributed by atoms with Crippen LogP contribution in [0.25, 0.3) is 0 Å². The fraction of sp³-hybridized carbons (Fsp3) is 0.611. The Morgan fingerprint density at radius 1 is 1.30 bits per heavy atom. The van der Waals surface area contributed by atoms with E-state index in [9.17, 15) is 9.90 Å². The SMILES string of the molecule is COc1cc(CC(C)(C)C(=O)O)ccc1OC1CCN(C)CC1. The number of likely N-dealkylation sites (tertiary alicyclic amines) is 1. The van der Waals surface area contributed by atoms with Crippen molar-refractivity contribution in [1.82, 2.24) is 4.90 Å². The Labute approximate surface area is 138 Å². The second-order valence-electron chi connectivity index (χ2n) is 6.97. The van der Waals surface area contributed by atoms with Crippen LogP contribution in [0.5, 0.6) is 11.5 Å². The molecule has 0 saturated carbocycles. The van der Waals surface area contributed by atoms with Gasteiger partial charge in [-0.1, -0.05) is 6.07 Å². The third-order valence-corrected chi connectivity index (χ3v) is 4.41. The molecule has 2 rings (SSSR count). The summed E-state index contributed by atoms with van der Waals surface area (Å²) >= 11 is 0. The van der Waals surface area contributed by atoms with Crippen LogP contribution >= 0.6 is 0 Å². The van der Waals surface area contributed by atoms with E-state index in [0.29, 0.717) is 12.2 Å². The fourth-order valence-corrected chi connectivity index (χ4v) is 2.79. The third-order valence-electron chi connectivity index (χ3n) is 4.41. The van der Waals surface area contributed by atoms with Gasteiger partial charge in [0.2, 0.25) is 0 Å². The second kappa shape index (κ2) is 7.21. The molecule has 23 heavy (non-hydrogen) atoms. The van der Waals surface area contributed by atoms with E-state index in [4.69, 9.17) is 9.47 Å². The summed E-state index contributed by atoms with van der Waals surface area (Å²) in [4.78, 5) is 13.6. The van der Waals surface area contributed by atoms with Gasteiger partial charge >= 0.3 is 5.97 Å². The highest BCUT2D eigenvalue weighted by Gasteiger charge is 2.28. The summed E-state index contributed by atoms with van der Waals surface area (Å²) in [6.07, 6.45) is 2.68. The van der Waals surface area contributed by atoms with Gasteiger partial charge in [-0.05, 0) is 57.9 Å². The number of piperidine rings is 1. The molecule has 0 unspecified atom stereocenters. The van der Waals surface area contributed by atoms with Gasteiger partial charge < -0.3 is 19.5 Å². The van der Waals surface area contributed by atoms with Crippen molar-refractivity contribution in [3.63, 3.8) is 0 Å². The minimum Gasteiger partial charge on any atom is -0.493 e. The summed E-state index contributed by atoms with van der Waals surface area (Å²) in [5.74, 6) is 0.602. The van der Waals surface area contributed by atoms with Gasteiger partial charge in [0, 0.05) is 13.1 Å². The molecule has 1 saturated heterocycles. The minimum atomic E-state index is -0.804. The lowest BCUT2D eigenvalue weighted by atomic mass is 9.86. The maximum Gasteiger partial charge on any atom is 0.309 e. The number of aliphatic carboxylic acids is 1. The van der Waals surface area contributed by atoms with Crippen molar-refractivity contribution in [3.8, 4) is 11.5 Å². The highest BCUT2D eigenvalue weighted by atomic mass is 16.5. The largest absolute Gasteiger partial charge is 0.493 e. The number of nitrogens with zero attached hydrogens (tertiary/aromatic N) is 1. The van der Waals surface area contributed by atoms with E-state index in [1.54, 1.807) is 21.0 Å². The summed E-state index contributed by atoms with van der Waals surface area (Å²) < 4.78 is 11.5. The van der Waals surface area contributed by atoms with Gasteiger partial charge in [0.05, 0.1) is 12.5 Å². The molecular formula is C18H27NO4. The van der Waals surface area contributed by atoms with Crippen LogP contribution in [0.2, 0.25) is 0 Å². The van der Waals surface area contributed by atoms with E-state index >= 15 is 0 Å². The number of rotatable bonds is 6. The molecule has 0 atom stereocenters. The van der Waals surface area contributed by atoms with E-state index in [1.807, 2.05) is 18.2 Å². The number of benzene rings is 1. The van der Waals surface area contributed by atoms with Crippen molar-refractivity contribution >= 4 is 5.97 Å². The number of carboxylic acids is 1. The summed E-state index contributed by atoms with van der Waals surface area (Å²) in [6.45, 7) is 5.53. The first-order valence-corrected chi connectivity index (χ1v) is 8.07. The van der Waals surface area contributed by atoms with Crippen LogP contribution in [0.1, 0.15) is 32.3 Å². The summed E-state index contributed by atoms with van der Waals surface area (Å²) in [7, 11) is 3.73. The number of hydrogen-bond donors (Lipinski definition) is 1.